The van der Waals surface area contributed by atoms with Gasteiger partial charge in [-0.3, -0.25) is 0 Å². The van der Waals surface area contributed by atoms with Crippen molar-refractivity contribution in [3.8, 4) is 0 Å². The first-order chi connectivity index (χ1) is 8.30. The molecular formula is C14H27N3. The molecule has 98 valence electrons. The smallest absolute Gasteiger partial charge is 0.00506 e. The van der Waals surface area contributed by atoms with Crippen LogP contribution in [0.25, 0.3) is 0 Å². The lowest BCUT2D eigenvalue weighted by molar-refractivity contribution is -0.0435. The van der Waals surface area contributed by atoms with Gasteiger partial charge in [-0.1, -0.05) is 0 Å². The average Bonchev–Trinajstić information content (AvgIpc) is 2.81. The van der Waals surface area contributed by atoms with Crippen LogP contribution in [0.3, 0.4) is 0 Å². The molecule has 0 aromatic rings. The highest BCUT2D eigenvalue weighted by Crippen LogP contribution is 2.45. The van der Waals surface area contributed by atoms with Crippen molar-refractivity contribution in [1.82, 2.24) is 10.2 Å². The van der Waals surface area contributed by atoms with Crippen molar-refractivity contribution < 1.29 is 0 Å². The van der Waals surface area contributed by atoms with Crippen LogP contribution in [0.5, 0.6) is 0 Å². The Balaban J connectivity index is 1.41. The van der Waals surface area contributed by atoms with Crippen molar-refractivity contribution in [3.05, 3.63) is 0 Å². The first-order valence-corrected chi connectivity index (χ1v) is 7.43. The summed E-state index contributed by atoms with van der Waals surface area (Å²) in [6.45, 7) is 7.49. The van der Waals surface area contributed by atoms with E-state index in [0.717, 1.165) is 18.4 Å². The number of nitrogens with zero attached hydrogens (tertiary/aromatic N) is 1. The Bertz CT molecular complexity index is 244. The van der Waals surface area contributed by atoms with Gasteiger partial charge in [0.1, 0.15) is 0 Å². The Morgan fingerprint density at radius 1 is 1.12 bits per heavy atom. The van der Waals surface area contributed by atoms with Gasteiger partial charge in [-0.25, -0.2) is 0 Å². The SMILES string of the molecule is NCC1CCC2(CC1)CN(CC1CCNC1)C2. The molecule has 3 N–H and O–H groups in total. The summed E-state index contributed by atoms with van der Waals surface area (Å²) in [5.41, 5.74) is 6.48. The van der Waals surface area contributed by atoms with Crippen molar-refractivity contribution >= 4 is 0 Å². The second kappa shape index (κ2) is 4.87. The number of nitrogens with one attached hydrogen (secondary N) is 1. The number of likely N-dealkylation sites (tertiary alicyclic amines) is 1. The Labute approximate surface area is 105 Å². The van der Waals surface area contributed by atoms with Gasteiger partial charge in [0, 0.05) is 19.6 Å². The maximum absolute atomic E-state index is 5.77. The van der Waals surface area contributed by atoms with E-state index < -0.39 is 0 Å². The minimum absolute atomic E-state index is 0.706. The van der Waals surface area contributed by atoms with Crippen LogP contribution in [0.1, 0.15) is 32.1 Å². The third-order valence-electron chi connectivity index (χ3n) is 5.30. The van der Waals surface area contributed by atoms with E-state index >= 15 is 0 Å². The maximum atomic E-state index is 5.77. The summed E-state index contributed by atoms with van der Waals surface area (Å²) in [7, 11) is 0. The van der Waals surface area contributed by atoms with Gasteiger partial charge >= 0.3 is 0 Å². The van der Waals surface area contributed by atoms with E-state index in [2.05, 4.69) is 10.2 Å². The van der Waals surface area contributed by atoms with E-state index in [0.29, 0.717) is 5.41 Å². The van der Waals surface area contributed by atoms with Gasteiger partial charge in [0.05, 0.1) is 0 Å². The number of hydrogen-bond acceptors (Lipinski definition) is 3. The fraction of sp³-hybridized carbons (Fsp3) is 1.00. The lowest BCUT2D eigenvalue weighted by Crippen LogP contribution is -2.58. The summed E-state index contributed by atoms with van der Waals surface area (Å²) in [5, 5.41) is 3.47. The summed E-state index contributed by atoms with van der Waals surface area (Å²) >= 11 is 0. The molecule has 3 fully saturated rings. The lowest BCUT2D eigenvalue weighted by atomic mass is 9.66. The summed E-state index contributed by atoms with van der Waals surface area (Å²) in [6, 6.07) is 0. The molecule has 1 unspecified atom stereocenters. The minimum atomic E-state index is 0.706. The van der Waals surface area contributed by atoms with Crippen LogP contribution in [0.4, 0.5) is 0 Å². The van der Waals surface area contributed by atoms with Gasteiger partial charge in [0.2, 0.25) is 0 Å². The molecule has 2 heterocycles. The van der Waals surface area contributed by atoms with Crippen LogP contribution in [0.15, 0.2) is 0 Å². The van der Waals surface area contributed by atoms with E-state index in [4.69, 9.17) is 5.73 Å². The lowest BCUT2D eigenvalue weighted by Gasteiger charge is -2.54. The molecule has 0 bridgehead atoms. The van der Waals surface area contributed by atoms with Gasteiger partial charge in [-0.2, -0.15) is 0 Å². The first-order valence-electron chi connectivity index (χ1n) is 7.43. The van der Waals surface area contributed by atoms with Crippen LogP contribution >= 0.6 is 0 Å². The molecule has 3 heteroatoms. The second-order valence-corrected chi connectivity index (χ2v) is 6.71. The molecule has 1 atom stereocenters. The van der Waals surface area contributed by atoms with Gasteiger partial charge in [0.15, 0.2) is 0 Å². The maximum Gasteiger partial charge on any atom is 0.00506 e. The molecule has 17 heavy (non-hydrogen) atoms. The zero-order valence-corrected chi connectivity index (χ0v) is 11.0. The van der Waals surface area contributed by atoms with Gasteiger partial charge in [-0.05, 0) is 69.0 Å². The van der Waals surface area contributed by atoms with E-state index in [9.17, 15) is 0 Å². The standard InChI is InChI=1S/C14H27N3/c15-7-12-1-4-14(5-2-12)10-17(11-14)9-13-3-6-16-8-13/h12-13,16H,1-11,15H2. The molecule has 3 nitrogen and oxygen atoms in total. The van der Waals surface area contributed by atoms with Crippen molar-refractivity contribution in [2.75, 3.05) is 39.3 Å². The van der Waals surface area contributed by atoms with Gasteiger partial charge in [-0.15, -0.1) is 0 Å². The monoisotopic (exact) mass is 237 g/mol. The van der Waals surface area contributed by atoms with Gasteiger partial charge in [0.25, 0.3) is 0 Å². The number of nitrogens with two attached hydrogens (primary N) is 1. The van der Waals surface area contributed by atoms with E-state index in [1.807, 2.05) is 0 Å². The van der Waals surface area contributed by atoms with Crippen LogP contribution < -0.4 is 11.1 Å². The molecule has 0 radical (unpaired) electrons. The predicted molar refractivity (Wildman–Crippen MR) is 70.9 cm³/mol. The highest BCUT2D eigenvalue weighted by Gasteiger charge is 2.45. The summed E-state index contributed by atoms with van der Waals surface area (Å²) in [4.78, 5) is 2.69. The highest BCUT2D eigenvalue weighted by atomic mass is 15.2. The van der Waals surface area contributed by atoms with Crippen LogP contribution in [0, 0.1) is 17.3 Å². The second-order valence-electron chi connectivity index (χ2n) is 6.71. The zero-order valence-electron chi connectivity index (χ0n) is 11.0. The summed E-state index contributed by atoms with van der Waals surface area (Å²) in [5.74, 6) is 1.75. The Kier molecular flexibility index (Phi) is 3.42. The Hall–Kier alpha value is -0.120. The molecule has 2 aliphatic heterocycles. The molecule has 0 aromatic heterocycles. The largest absolute Gasteiger partial charge is 0.330 e. The summed E-state index contributed by atoms with van der Waals surface area (Å²) < 4.78 is 0. The highest BCUT2D eigenvalue weighted by molar-refractivity contribution is 4.98. The molecule has 3 aliphatic rings. The van der Waals surface area contributed by atoms with E-state index in [-0.39, 0.29) is 0 Å². The fourth-order valence-corrected chi connectivity index (χ4v) is 4.11. The Morgan fingerprint density at radius 3 is 2.47 bits per heavy atom. The quantitative estimate of drug-likeness (QED) is 0.771. The molecule has 2 saturated heterocycles. The third-order valence-corrected chi connectivity index (χ3v) is 5.30. The van der Waals surface area contributed by atoms with Crippen molar-refractivity contribution in [2.24, 2.45) is 23.0 Å². The van der Waals surface area contributed by atoms with Crippen molar-refractivity contribution in [2.45, 2.75) is 32.1 Å². The average molecular weight is 237 g/mol. The molecule has 0 aromatic carbocycles. The van der Waals surface area contributed by atoms with Gasteiger partial charge < -0.3 is 16.0 Å². The Morgan fingerprint density at radius 2 is 1.88 bits per heavy atom. The van der Waals surface area contributed by atoms with Crippen LogP contribution in [-0.4, -0.2) is 44.2 Å². The van der Waals surface area contributed by atoms with E-state index in [1.54, 1.807) is 0 Å². The number of hydrogen-bond donors (Lipinski definition) is 2. The number of rotatable bonds is 3. The fourth-order valence-electron chi connectivity index (χ4n) is 4.11. The van der Waals surface area contributed by atoms with Crippen LogP contribution in [0.2, 0.25) is 0 Å². The summed E-state index contributed by atoms with van der Waals surface area (Å²) in [6.07, 6.45) is 7.03. The normalized spacial score (nSPS) is 34.1. The van der Waals surface area contributed by atoms with Crippen molar-refractivity contribution in [1.29, 1.82) is 0 Å². The molecule has 1 spiro atoms. The van der Waals surface area contributed by atoms with E-state index in [1.165, 1.54) is 64.8 Å². The van der Waals surface area contributed by atoms with Crippen molar-refractivity contribution in [3.63, 3.8) is 0 Å². The van der Waals surface area contributed by atoms with Crippen LogP contribution in [-0.2, 0) is 0 Å². The molecule has 1 aliphatic carbocycles. The minimum Gasteiger partial charge on any atom is -0.330 e. The molecule has 1 saturated carbocycles. The first kappa shape index (κ1) is 11.9. The zero-order chi connectivity index (χ0) is 11.7. The molecule has 3 rings (SSSR count). The third kappa shape index (κ3) is 2.51. The molecular weight excluding hydrogens is 210 g/mol. The predicted octanol–water partition coefficient (Wildman–Crippen LogP) is 1.05. The molecule has 0 amide bonds. The topological polar surface area (TPSA) is 41.3 Å².